The van der Waals surface area contributed by atoms with E-state index in [9.17, 15) is 0 Å². The zero-order valence-corrected chi connectivity index (χ0v) is 30.8. The maximum Gasteiger partial charge on any atom is 0.0543 e. The van der Waals surface area contributed by atoms with Crippen LogP contribution in [0.3, 0.4) is 0 Å². The molecule has 0 amide bonds. The predicted octanol–water partition coefficient (Wildman–Crippen LogP) is 14.0. The van der Waals surface area contributed by atoms with Crippen LogP contribution in [0.15, 0.2) is 170 Å². The molecule has 1 heterocycles. The standard InChI is InChI=1S/C52H44N2/c1-35-32-36-30-31-52(39(33-35)34-36)46-17-8-5-16-45(46)51-47(52)18-11-21-50(51)53(40-24-22-38(23-25-40)37-12-3-2-4-13-37)41-26-28-42(29-27-41)54-48-19-9-6-14-43(48)44-15-7-10-20-49(44)54/h2-29,35-36,39H,30-34H2,1H3. The first kappa shape index (κ1) is 31.6. The number of fused-ring (bicyclic) bond motifs is 11. The smallest absolute Gasteiger partial charge is 0.0543 e. The summed E-state index contributed by atoms with van der Waals surface area (Å²) in [7, 11) is 0. The largest absolute Gasteiger partial charge is 0.310 e. The van der Waals surface area contributed by atoms with Crippen molar-refractivity contribution >= 4 is 38.9 Å². The highest BCUT2D eigenvalue weighted by atomic mass is 15.1. The van der Waals surface area contributed by atoms with E-state index >= 15 is 0 Å². The van der Waals surface area contributed by atoms with Gasteiger partial charge in [0.25, 0.3) is 0 Å². The first-order valence-corrected chi connectivity index (χ1v) is 19.9. The molecule has 0 N–H and O–H groups in total. The van der Waals surface area contributed by atoms with Gasteiger partial charge in [-0.25, -0.2) is 0 Å². The lowest BCUT2D eigenvalue weighted by Gasteiger charge is -2.50. The summed E-state index contributed by atoms with van der Waals surface area (Å²) in [4.78, 5) is 2.52. The zero-order chi connectivity index (χ0) is 35.8. The maximum absolute atomic E-state index is 2.52. The van der Waals surface area contributed by atoms with Crippen molar-refractivity contribution in [3.63, 3.8) is 0 Å². The Morgan fingerprint density at radius 1 is 0.537 bits per heavy atom. The number of hydrogen-bond acceptors (Lipinski definition) is 1. The predicted molar refractivity (Wildman–Crippen MR) is 226 cm³/mol. The van der Waals surface area contributed by atoms with Gasteiger partial charge in [0.05, 0.1) is 16.7 Å². The SMILES string of the molecule is CC1CC2CCC3(c4ccccc4-c4c(N(c5ccc(-c6ccccc6)cc5)c5ccc(-n6c7ccccc7c7ccccc76)cc5)cccc43)C(C1)C2. The lowest BCUT2D eigenvalue weighted by atomic mass is 9.53. The summed E-state index contributed by atoms with van der Waals surface area (Å²) in [6.07, 6.45) is 6.66. The third-order valence-corrected chi connectivity index (χ3v) is 13.3. The van der Waals surface area contributed by atoms with Crippen LogP contribution < -0.4 is 4.90 Å². The average molecular weight is 697 g/mol. The minimum Gasteiger partial charge on any atom is -0.310 e. The molecule has 8 aromatic rings. The van der Waals surface area contributed by atoms with Crippen LogP contribution >= 0.6 is 0 Å². The second-order valence-corrected chi connectivity index (χ2v) is 16.3. The van der Waals surface area contributed by atoms with Crippen molar-refractivity contribution in [2.75, 3.05) is 4.90 Å². The Kier molecular flexibility index (Phi) is 7.24. The van der Waals surface area contributed by atoms with Gasteiger partial charge in [-0.05, 0) is 132 Å². The Bertz CT molecular complexity index is 2610. The number of para-hydroxylation sites is 2. The van der Waals surface area contributed by atoms with E-state index in [2.05, 4.69) is 186 Å². The molecular weight excluding hydrogens is 653 g/mol. The Hall–Kier alpha value is -5.86. The van der Waals surface area contributed by atoms with E-state index < -0.39 is 0 Å². The van der Waals surface area contributed by atoms with Gasteiger partial charge in [-0.3, -0.25) is 0 Å². The molecule has 3 aliphatic carbocycles. The molecule has 4 unspecified atom stereocenters. The molecule has 2 fully saturated rings. The molecule has 4 atom stereocenters. The van der Waals surface area contributed by atoms with Crippen LogP contribution in [0.4, 0.5) is 17.1 Å². The highest BCUT2D eigenvalue weighted by Gasteiger charge is 2.53. The van der Waals surface area contributed by atoms with Crippen molar-refractivity contribution in [1.29, 1.82) is 0 Å². The Morgan fingerprint density at radius 2 is 1.15 bits per heavy atom. The molecule has 0 radical (unpaired) electrons. The number of hydrogen-bond donors (Lipinski definition) is 0. The van der Waals surface area contributed by atoms with Crippen LogP contribution in [0.1, 0.15) is 50.2 Å². The molecular formula is C52H44N2. The fourth-order valence-electron chi connectivity index (χ4n) is 11.2. The molecule has 262 valence electrons. The van der Waals surface area contributed by atoms with Gasteiger partial charge < -0.3 is 9.47 Å². The summed E-state index contributed by atoms with van der Waals surface area (Å²) >= 11 is 0. The number of rotatable bonds is 5. The number of nitrogens with zero attached hydrogens (tertiary/aromatic N) is 2. The molecule has 2 heteroatoms. The molecule has 7 aromatic carbocycles. The fraction of sp³-hybridized carbons (Fsp3) is 0.192. The molecule has 0 saturated heterocycles. The van der Waals surface area contributed by atoms with Gasteiger partial charge in [-0.1, -0.05) is 122 Å². The van der Waals surface area contributed by atoms with Crippen LogP contribution in [0.5, 0.6) is 0 Å². The van der Waals surface area contributed by atoms with Crippen molar-refractivity contribution in [2.24, 2.45) is 17.8 Å². The maximum atomic E-state index is 2.52. The molecule has 1 spiro atoms. The molecule has 0 aliphatic heterocycles. The van der Waals surface area contributed by atoms with E-state index in [0.717, 1.165) is 17.5 Å². The molecule has 3 aliphatic rings. The average Bonchev–Trinajstić information content (AvgIpc) is 3.71. The monoisotopic (exact) mass is 696 g/mol. The second kappa shape index (κ2) is 12.4. The number of benzene rings is 7. The molecule has 54 heavy (non-hydrogen) atoms. The van der Waals surface area contributed by atoms with Gasteiger partial charge in [0.2, 0.25) is 0 Å². The van der Waals surface area contributed by atoms with E-state index in [-0.39, 0.29) is 5.41 Å². The summed E-state index contributed by atoms with van der Waals surface area (Å²) in [6, 6.07) is 63.4. The van der Waals surface area contributed by atoms with Gasteiger partial charge in [-0.15, -0.1) is 0 Å². The minimum atomic E-state index is 0.0797. The van der Waals surface area contributed by atoms with Crippen molar-refractivity contribution in [2.45, 2.75) is 44.4 Å². The summed E-state index contributed by atoms with van der Waals surface area (Å²) in [6.45, 7) is 2.50. The summed E-state index contributed by atoms with van der Waals surface area (Å²) in [5, 5.41) is 2.57. The Balaban J connectivity index is 1.10. The van der Waals surface area contributed by atoms with E-state index in [1.807, 2.05) is 0 Å². The molecule has 2 saturated carbocycles. The molecule has 1 aromatic heterocycles. The van der Waals surface area contributed by atoms with Gasteiger partial charge in [0, 0.05) is 38.8 Å². The van der Waals surface area contributed by atoms with Gasteiger partial charge >= 0.3 is 0 Å². The lowest BCUT2D eigenvalue weighted by Crippen LogP contribution is -2.44. The highest BCUT2D eigenvalue weighted by Crippen LogP contribution is 2.64. The minimum absolute atomic E-state index is 0.0797. The van der Waals surface area contributed by atoms with Gasteiger partial charge in [0.15, 0.2) is 0 Å². The Morgan fingerprint density at radius 3 is 1.89 bits per heavy atom. The van der Waals surface area contributed by atoms with E-state index in [0.29, 0.717) is 5.92 Å². The van der Waals surface area contributed by atoms with E-state index in [1.54, 1.807) is 11.1 Å². The highest BCUT2D eigenvalue weighted by molar-refractivity contribution is 6.09. The van der Waals surface area contributed by atoms with Crippen LogP contribution in [0.25, 0.3) is 49.7 Å². The fourth-order valence-corrected chi connectivity index (χ4v) is 11.2. The first-order valence-electron chi connectivity index (χ1n) is 19.9. The van der Waals surface area contributed by atoms with Crippen molar-refractivity contribution in [1.82, 2.24) is 4.57 Å². The van der Waals surface area contributed by atoms with Crippen molar-refractivity contribution < 1.29 is 0 Å². The van der Waals surface area contributed by atoms with Gasteiger partial charge in [0.1, 0.15) is 0 Å². The van der Waals surface area contributed by atoms with Crippen molar-refractivity contribution in [3.05, 3.63) is 181 Å². The first-order chi connectivity index (χ1) is 26.7. The quantitative estimate of drug-likeness (QED) is 0.174. The van der Waals surface area contributed by atoms with Crippen LogP contribution in [0.2, 0.25) is 0 Å². The molecule has 11 rings (SSSR count). The zero-order valence-electron chi connectivity index (χ0n) is 30.8. The summed E-state index contributed by atoms with van der Waals surface area (Å²) < 4.78 is 2.41. The summed E-state index contributed by atoms with van der Waals surface area (Å²) in [5.41, 5.74) is 15.7. The van der Waals surface area contributed by atoms with Crippen molar-refractivity contribution in [3.8, 4) is 27.9 Å². The number of anilines is 3. The summed E-state index contributed by atoms with van der Waals surface area (Å²) in [5.74, 6) is 2.34. The number of aromatic nitrogens is 1. The van der Waals surface area contributed by atoms with Crippen LogP contribution in [-0.2, 0) is 5.41 Å². The Labute approximate surface area is 318 Å². The van der Waals surface area contributed by atoms with Gasteiger partial charge in [-0.2, -0.15) is 0 Å². The normalized spacial score (nSPS) is 21.3. The third kappa shape index (κ3) is 4.72. The van der Waals surface area contributed by atoms with E-state index in [4.69, 9.17) is 0 Å². The second-order valence-electron chi connectivity index (χ2n) is 16.3. The lowest BCUT2D eigenvalue weighted by molar-refractivity contribution is 0.0856. The topological polar surface area (TPSA) is 8.17 Å². The van der Waals surface area contributed by atoms with Crippen LogP contribution in [-0.4, -0.2) is 4.57 Å². The molecule has 2 nitrogen and oxygen atoms in total. The third-order valence-electron chi connectivity index (χ3n) is 13.3. The van der Waals surface area contributed by atoms with E-state index in [1.165, 1.54) is 93.2 Å². The molecule has 2 bridgehead atoms. The van der Waals surface area contributed by atoms with Crippen LogP contribution in [0, 0.1) is 17.8 Å².